The SMILES string of the molecule is CCc1nc2c(sc3cccc(F)c32)c(=O)n1CC(=O)Nc1ccccc1F. The lowest BCUT2D eigenvalue weighted by Crippen LogP contribution is -2.30. The van der Waals surface area contributed by atoms with Gasteiger partial charge in [0.25, 0.3) is 5.56 Å². The fourth-order valence-corrected chi connectivity index (χ4v) is 4.21. The van der Waals surface area contributed by atoms with Crippen molar-refractivity contribution in [2.24, 2.45) is 0 Å². The number of rotatable bonds is 4. The van der Waals surface area contributed by atoms with Crippen molar-refractivity contribution in [3.63, 3.8) is 0 Å². The van der Waals surface area contributed by atoms with Crippen molar-refractivity contribution in [2.75, 3.05) is 5.32 Å². The predicted molar refractivity (Wildman–Crippen MR) is 106 cm³/mol. The van der Waals surface area contributed by atoms with E-state index in [0.717, 1.165) is 11.3 Å². The number of anilines is 1. The Bertz CT molecular complexity index is 1280. The Kier molecular flexibility index (Phi) is 4.64. The van der Waals surface area contributed by atoms with Crippen LogP contribution in [-0.2, 0) is 17.8 Å². The van der Waals surface area contributed by atoms with Crippen molar-refractivity contribution in [3.05, 3.63) is 70.3 Å². The van der Waals surface area contributed by atoms with E-state index in [4.69, 9.17) is 0 Å². The smallest absolute Gasteiger partial charge is 0.272 e. The van der Waals surface area contributed by atoms with E-state index in [1.54, 1.807) is 25.1 Å². The molecule has 5 nitrogen and oxygen atoms in total. The first-order valence-corrected chi connectivity index (χ1v) is 9.46. The molecule has 0 saturated carbocycles. The highest BCUT2D eigenvalue weighted by Crippen LogP contribution is 2.32. The second-order valence-electron chi connectivity index (χ2n) is 6.19. The normalized spacial score (nSPS) is 11.2. The van der Waals surface area contributed by atoms with Crippen LogP contribution in [0.25, 0.3) is 20.3 Å². The fraction of sp³-hybridized carbons (Fsp3) is 0.150. The molecule has 0 radical (unpaired) electrons. The van der Waals surface area contributed by atoms with Gasteiger partial charge in [0.1, 0.15) is 28.7 Å². The summed E-state index contributed by atoms with van der Waals surface area (Å²) in [7, 11) is 0. The fourth-order valence-electron chi connectivity index (χ4n) is 3.10. The van der Waals surface area contributed by atoms with E-state index in [1.165, 1.54) is 28.8 Å². The van der Waals surface area contributed by atoms with Gasteiger partial charge in [-0.25, -0.2) is 13.8 Å². The zero-order chi connectivity index (χ0) is 19.8. The van der Waals surface area contributed by atoms with Crippen LogP contribution in [0.5, 0.6) is 0 Å². The van der Waals surface area contributed by atoms with Crippen molar-refractivity contribution in [1.29, 1.82) is 0 Å². The molecule has 28 heavy (non-hydrogen) atoms. The highest BCUT2D eigenvalue weighted by Gasteiger charge is 2.19. The lowest BCUT2D eigenvalue weighted by molar-refractivity contribution is -0.116. The molecule has 2 aromatic heterocycles. The molecule has 8 heteroatoms. The van der Waals surface area contributed by atoms with E-state index in [2.05, 4.69) is 10.3 Å². The first-order valence-electron chi connectivity index (χ1n) is 8.64. The summed E-state index contributed by atoms with van der Waals surface area (Å²) >= 11 is 1.14. The minimum absolute atomic E-state index is 0.0385. The number of hydrogen-bond acceptors (Lipinski definition) is 4. The van der Waals surface area contributed by atoms with Gasteiger partial charge in [0.2, 0.25) is 5.91 Å². The molecule has 2 aromatic carbocycles. The average molecular weight is 399 g/mol. The molecule has 0 aliphatic rings. The lowest BCUT2D eigenvalue weighted by Gasteiger charge is -2.12. The van der Waals surface area contributed by atoms with Crippen molar-refractivity contribution >= 4 is 43.2 Å². The molecular formula is C20H15F2N3O2S. The molecule has 4 aromatic rings. The summed E-state index contributed by atoms with van der Waals surface area (Å²) < 4.78 is 30.2. The molecule has 0 saturated heterocycles. The number of nitrogens with zero attached hydrogens (tertiary/aromatic N) is 2. The number of nitrogens with one attached hydrogen (secondary N) is 1. The third-order valence-electron chi connectivity index (χ3n) is 4.40. The Morgan fingerprint density at radius 1 is 1.14 bits per heavy atom. The second-order valence-corrected chi connectivity index (χ2v) is 7.25. The highest BCUT2D eigenvalue weighted by atomic mass is 32.1. The van der Waals surface area contributed by atoms with Crippen LogP contribution in [0.4, 0.5) is 14.5 Å². The van der Waals surface area contributed by atoms with Crippen LogP contribution in [0.3, 0.4) is 0 Å². The van der Waals surface area contributed by atoms with Crippen LogP contribution in [0.2, 0.25) is 0 Å². The summed E-state index contributed by atoms with van der Waals surface area (Å²) in [5, 5.41) is 2.78. The van der Waals surface area contributed by atoms with Gasteiger partial charge in [-0.05, 0) is 24.3 Å². The van der Waals surface area contributed by atoms with E-state index < -0.39 is 23.1 Å². The number of aromatic nitrogens is 2. The Morgan fingerprint density at radius 2 is 1.89 bits per heavy atom. The van der Waals surface area contributed by atoms with Crippen molar-refractivity contribution in [3.8, 4) is 0 Å². The second kappa shape index (κ2) is 7.12. The number of carbonyl (C=O) groups excluding carboxylic acids is 1. The maximum absolute atomic E-state index is 14.3. The van der Waals surface area contributed by atoms with Crippen molar-refractivity contribution in [1.82, 2.24) is 9.55 Å². The van der Waals surface area contributed by atoms with E-state index in [1.807, 2.05) is 0 Å². The molecule has 142 valence electrons. The molecule has 0 fully saturated rings. The molecule has 0 spiro atoms. The Hall–Kier alpha value is -3.13. The summed E-state index contributed by atoms with van der Waals surface area (Å²) in [5.74, 6) is -1.18. The van der Waals surface area contributed by atoms with Crippen molar-refractivity contribution in [2.45, 2.75) is 19.9 Å². The van der Waals surface area contributed by atoms with Crippen LogP contribution >= 0.6 is 11.3 Å². The zero-order valence-corrected chi connectivity index (χ0v) is 15.6. The van der Waals surface area contributed by atoms with E-state index in [0.29, 0.717) is 27.8 Å². The minimum Gasteiger partial charge on any atom is -0.322 e. The first-order chi connectivity index (χ1) is 13.5. The molecule has 0 aliphatic carbocycles. The number of fused-ring (bicyclic) bond motifs is 3. The number of carbonyl (C=O) groups is 1. The zero-order valence-electron chi connectivity index (χ0n) is 14.8. The molecule has 1 amide bonds. The van der Waals surface area contributed by atoms with Crippen LogP contribution in [-0.4, -0.2) is 15.5 Å². The summed E-state index contributed by atoms with van der Waals surface area (Å²) in [6.07, 6.45) is 0.379. The number of thiophene rings is 1. The third kappa shape index (κ3) is 3.05. The van der Waals surface area contributed by atoms with Gasteiger partial charge in [0.05, 0.1) is 16.6 Å². The Morgan fingerprint density at radius 3 is 2.64 bits per heavy atom. The van der Waals surface area contributed by atoms with E-state index in [-0.39, 0.29) is 16.9 Å². The van der Waals surface area contributed by atoms with Gasteiger partial charge in [0, 0.05) is 11.1 Å². The Labute approximate surface area is 162 Å². The number of aryl methyl sites for hydroxylation is 1. The molecule has 4 rings (SSSR count). The van der Waals surface area contributed by atoms with Gasteiger partial charge in [-0.1, -0.05) is 25.1 Å². The molecule has 0 bridgehead atoms. The highest BCUT2D eigenvalue weighted by molar-refractivity contribution is 7.25. The number of halogens is 2. The van der Waals surface area contributed by atoms with Gasteiger partial charge in [0.15, 0.2) is 0 Å². The quantitative estimate of drug-likeness (QED) is 0.562. The predicted octanol–water partition coefficient (Wildman–Crippen LogP) is 4.09. The van der Waals surface area contributed by atoms with Gasteiger partial charge in [-0.3, -0.25) is 14.2 Å². The number of hydrogen-bond donors (Lipinski definition) is 1. The van der Waals surface area contributed by atoms with Gasteiger partial charge in [-0.2, -0.15) is 0 Å². The van der Waals surface area contributed by atoms with Crippen LogP contribution < -0.4 is 10.9 Å². The summed E-state index contributed by atoms with van der Waals surface area (Å²) in [4.78, 5) is 29.9. The van der Waals surface area contributed by atoms with Gasteiger partial charge in [-0.15, -0.1) is 11.3 Å². The van der Waals surface area contributed by atoms with Crippen molar-refractivity contribution < 1.29 is 13.6 Å². The topological polar surface area (TPSA) is 64.0 Å². The largest absolute Gasteiger partial charge is 0.322 e. The maximum atomic E-state index is 14.3. The average Bonchev–Trinajstić information content (AvgIpc) is 3.06. The number of benzene rings is 2. The van der Waals surface area contributed by atoms with Crippen LogP contribution in [0.1, 0.15) is 12.7 Å². The first kappa shape index (κ1) is 18.2. The van der Waals surface area contributed by atoms with E-state index in [9.17, 15) is 18.4 Å². The molecule has 0 atom stereocenters. The number of para-hydroxylation sites is 1. The van der Waals surface area contributed by atoms with E-state index >= 15 is 0 Å². The number of amides is 1. The maximum Gasteiger partial charge on any atom is 0.272 e. The summed E-state index contributed by atoms with van der Waals surface area (Å²) in [6, 6.07) is 10.4. The standard InChI is InChI=1S/C20H15F2N3O2S/c1-2-15-24-18-17-12(22)7-5-9-14(17)28-19(18)20(27)25(15)10-16(26)23-13-8-4-3-6-11(13)21/h3-9H,2,10H2,1H3,(H,23,26). The molecule has 0 aliphatic heterocycles. The molecule has 2 heterocycles. The molecule has 0 unspecified atom stereocenters. The van der Waals surface area contributed by atoms with Gasteiger partial charge < -0.3 is 5.32 Å². The monoisotopic (exact) mass is 399 g/mol. The van der Waals surface area contributed by atoms with Crippen LogP contribution in [0, 0.1) is 11.6 Å². The molecular weight excluding hydrogens is 384 g/mol. The summed E-state index contributed by atoms with van der Waals surface area (Å²) in [5.41, 5.74) is -0.0617. The third-order valence-corrected chi connectivity index (χ3v) is 5.53. The Balaban J connectivity index is 1.78. The lowest BCUT2D eigenvalue weighted by atomic mass is 10.2. The molecule has 1 N–H and O–H groups in total. The summed E-state index contributed by atoms with van der Waals surface area (Å²) in [6.45, 7) is 1.49. The van der Waals surface area contributed by atoms with Gasteiger partial charge >= 0.3 is 0 Å². The minimum atomic E-state index is -0.563. The van der Waals surface area contributed by atoms with Crippen LogP contribution in [0.15, 0.2) is 47.3 Å².